The summed E-state index contributed by atoms with van der Waals surface area (Å²) < 4.78 is 2.30. The Hall–Kier alpha value is -0.760. The second kappa shape index (κ2) is 4.65. The van der Waals surface area contributed by atoms with E-state index in [2.05, 4.69) is 35.1 Å². The van der Waals surface area contributed by atoms with Gasteiger partial charge in [-0.05, 0) is 44.4 Å². The summed E-state index contributed by atoms with van der Waals surface area (Å²) in [6, 6.07) is 4.33. The van der Waals surface area contributed by atoms with Crippen molar-refractivity contribution in [3.05, 3.63) is 24.0 Å². The zero-order chi connectivity index (χ0) is 9.80. The molecule has 0 saturated heterocycles. The predicted octanol–water partition coefficient (Wildman–Crippen LogP) is 2.40. The highest BCUT2D eigenvalue weighted by atomic mass is 15.0. The molecule has 1 N–H and O–H groups in total. The molecule has 0 aliphatic heterocycles. The number of aryl methyl sites for hydroxylation is 1. The van der Waals surface area contributed by atoms with Crippen LogP contribution < -0.4 is 5.32 Å². The molecule has 0 aromatic carbocycles. The van der Waals surface area contributed by atoms with E-state index in [1.165, 1.54) is 31.5 Å². The third kappa shape index (κ3) is 2.18. The minimum absolute atomic E-state index is 0.958. The van der Waals surface area contributed by atoms with E-state index in [9.17, 15) is 0 Å². The summed E-state index contributed by atoms with van der Waals surface area (Å²) in [4.78, 5) is 0. The summed E-state index contributed by atoms with van der Waals surface area (Å²) in [5, 5.41) is 3.54. The van der Waals surface area contributed by atoms with E-state index in [1.54, 1.807) is 0 Å². The maximum absolute atomic E-state index is 3.54. The first kappa shape index (κ1) is 9.78. The fourth-order valence-corrected chi connectivity index (χ4v) is 2.02. The Bertz CT molecular complexity index is 274. The van der Waals surface area contributed by atoms with Crippen molar-refractivity contribution in [1.82, 2.24) is 9.88 Å². The van der Waals surface area contributed by atoms with Gasteiger partial charge >= 0.3 is 0 Å². The lowest BCUT2D eigenvalue weighted by molar-refractivity contribution is 0.300. The van der Waals surface area contributed by atoms with Crippen LogP contribution in [0.5, 0.6) is 0 Å². The van der Waals surface area contributed by atoms with Gasteiger partial charge < -0.3 is 9.88 Å². The molecule has 0 amide bonds. The van der Waals surface area contributed by atoms with Crippen LogP contribution in [0.15, 0.2) is 18.3 Å². The smallest absolute Gasteiger partial charge is 0.0359 e. The number of aromatic nitrogens is 1. The molecule has 1 saturated carbocycles. The van der Waals surface area contributed by atoms with Gasteiger partial charge in [-0.15, -0.1) is 0 Å². The number of rotatable bonds is 5. The maximum atomic E-state index is 3.54. The molecule has 1 aliphatic rings. The van der Waals surface area contributed by atoms with Crippen molar-refractivity contribution >= 4 is 0 Å². The van der Waals surface area contributed by atoms with Gasteiger partial charge in [0, 0.05) is 25.0 Å². The summed E-state index contributed by atoms with van der Waals surface area (Å²) in [7, 11) is 0. The van der Waals surface area contributed by atoms with Gasteiger partial charge in [-0.25, -0.2) is 0 Å². The molecule has 1 aromatic heterocycles. The van der Waals surface area contributed by atoms with Gasteiger partial charge in [-0.1, -0.05) is 6.42 Å². The molecule has 78 valence electrons. The third-order valence-corrected chi connectivity index (χ3v) is 3.23. The molecule has 1 fully saturated rings. The van der Waals surface area contributed by atoms with Crippen LogP contribution in [0.4, 0.5) is 0 Å². The Balaban J connectivity index is 1.73. The zero-order valence-corrected chi connectivity index (χ0v) is 9.00. The Morgan fingerprint density at radius 1 is 1.50 bits per heavy atom. The van der Waals surface area contributed by atoms with Crippen LogP contribution in [0, 0.1) is 5.92 Å². The molecule has 0 bridgehead atoms. The van der Waals surface area contributed by atoms with Crippen molar-refractivity contribution in [2.24, 2.45) is 5.92 Å². The first-order valence-electron chi connectivity index (χ1n) is 5.75. The highest BCUT2D eigenvalue weighted by molar-refractivity contribution is 5.06. The Morgan fingerprint density at radius 2 is 2.36 bits per heavy atom. The Morgan fingerprint density at radius 3 is 3.00 bits per heavy atom. The van der Waals surface area contributed by atoms with Gasteiger partial charge in [0.25, 0.3) is 0 Å². The molecule has 2 nitrogen and oxygen atoms in total. The standard InChI is InChI=1S/C12H20N2/c1-2-14-8-4-7-12(14)10-13-9-11-5-3-6-11/h4,7-8,11,13H,2-3,5-6,9-10H2,1H3. The second-order valence-corrected chi connectivity index (χ2v) is 4.21. The van der Waals surface area contributed by atoms with Crippen LogP contribution in [0.25, 0.3) is 0 Å². The van der Waals surface area contributed by atoms with Crippen LogP contribution in [-0.4, -0.2) is 11.1 Å². The highest BCUT2D eigenvalue weighted by Crippen LogP contribution is 2.25. The number of nitrogens with zero attached hydrogens (tertiary/aromatic N) is 1. The van der Waals surface area contributed by atoms with E-state index in [1.807, 2.05) is 0 Å². The first-order valence-corrected chi connectivity index (χ1v) is 5.75. The molecule has 0 unspecified atom stereocenters. The summed E-state index contributed by atoms with van der Waals surface area (Å²) in [6.07, 6.45) is 6.46. The van der Waals surface area contributed by atoms with E-state index < -0.39 is 0 Å². The largest absolute Gasteiger partial charge is 0.351 e. The van der Waals surface area contributed by atoms with Crippen molar-refractivity contribution in [2.45, 2.75) is 39.3 Å². The zero-order valence-electron chi connectivity index (χ0n) is 9.00. The number of nitrogens with one attached hydrogen (secondary N) is 1. The van der Waals surface area contributed by atoms with Crippen LogP contribution in [0.3, 0.4) is 0 Å². The molecule has 1 aliphatic carbocycles. The molecule has 0 radical (unpaired) electrons. The summed E-state index contributed by atoms with van der Waals surface area (Å²) in [5.41, 5.74) is 1.41. The molecule has 0 spiro atoms. The SMILES string of the molecule is CCn1cccc1CNCC1CCC1. The minimum Gasteiger partial charge on any atom is -0.351 e. The average molecular weight is 192 g/mol. The molecule has 14 heavy (non-hydrogen) atoms. The Labute approximate surface area is 86.3 Å². The van der Waals surface area contributed by atoms with Crippen LogP contribution in [0.1, 0.15) is 31.9 Å². The van der Waals surface area contributed by atoms with Crippen molar-refractivity contribution in [3.8, 4) is 0 Å². The summed E-state index contributed by atoms with van der Waals surface area (Å²) in [5.74, 6) is 0.958. The van der Waals surface area contributed by atoms with Gasteiger partial charge in [-0.2, -0.15) is 0 Å². The van der Waals surface area contributed by atoms with Gasteiger partial charge in [0.1, 0.15) is 0 Å². The van der Waals surface area contributed by atoms with Gasteiger partial charge in [0.2, 0.25) is 0 Å². The van der Waals surface area contributed by atoms with E-state index in [-0.39, 0.29) is 0 Å². The topological polar surface area (TPSA) is 17.0 Å². The van der Waals surface area contributed by atoms with E-state index in [4.69, 9.17) is 0 Å². The van der Waals surface area contributed by atoms with Gasteiger partial charge in [-0.3, -0.25) is 0 Å². The highest BCUT2D eigenvalue weighted by Gasteiger charge is 2.16. The average Bonchev–Trinajstić information content (AvgIpc) is 2.56. The quantitative estimate of drug-likeness (QED) is 0.758. The Kier molecular flexibility index (Phi) is 3.25. The summed E-state index contributed by atoms with van der Waals surface area (Å²) >= 11 is 0. The summed E-state index contributed by atoms with van der Waals surface area (Å²) in [6.45, 7) is 5.50. The monoisotopic (exact) mass is 192 g/mol. The number of hydrogen-bond acceptors (Lipinski definition) is 1. The third-order valence-electron chi connectivity index (χ3n) is 3.23. The van der Waals surface area contributed by atoms with Crippen LogP contribution in [0.2, 0.25) is 0 Å². The van der Waals surface area contributed by atoms with Crippen LogP contribution in [-0.2, 0) is 13.1 Å². The molecule has 1 heterocycles. The molecule has 0 atom stereocenters. The van der Waals surface area contributed by atoms with Gasteiger partial charge in [0.05, 0.1) is 0 Å². The molecular weight excluding hydrogens is 172 g/mol. The van der Waals surface area contributed by atoms with Gasteiger partial charge in [0.15, 0.2) is 0 Å². The van der Waals surface area contributed by atoms with E-state index >= 15 is 0 Å². The second-order valence-electron chi connectivity index (χ2n) is 4.21. The normalized spacial score (nSPS) is 16.9. The first-order chi connectivity index (χ1) is 6.90. The maximum Gasteiger partial charge on any atom is 0.0359 e. The fourth-order valence-electron chi connectivity index (χ4n) is 2.02. The van der Waals surface area contributed by atoms with E-state index in [0.717, 1.165) is 19.0 Å². The van der Waals surface area contributed by atoms with E-state index in [0.29, 0.717) is 0 Å². The van der Waals surface area contributed by atoms with Crippen molar-refractivity contribution in [1.29, 1.82) is 0 Å². The van der Waals surface area contributed by atoms with Crippen molar-refractivity contribution in [3.63, 3.8) is 0 Å². The minimum atomic E-state index is 0.958. The molecular formula is C12H20N2. The van der Waals surface area contributed by atoms with Crippen molar-refractivity contribution in [2.75, 3.05) is 6.54 Å². The number of hydrogen-bond donors (Lipinski definition) is 1. The lowest BCUT2D eigenvalue weighted by Gasteiger charge is -2.25. The lowest BCUT2D eigenvalue weighted by Crippen LogP contribution is -2.27. The fraction of sp³-hybridized carbons (Fsp3) is 0.667. The molecule has 2 heteroatoms. The lowest BCUT2D eigenvalue weighted by atomic mass is 9.85. The predicted molar refractivity (Wildman–Crippen MR) is 59.2 cm³/mol. The molecule has 2 rings (SSSR count). The molecule has 1 aromatic rings. The van der Waals surface area contributed by atoms with Crippen LogP contribution >= 0.6 is 0 Å². The van der Waals surface area contributed by atoms with Crippen molar-refractivity contribution < 1.29 is 0 Å².